The van der Waals surface area contributed by atoms with Crippen molar-refractivity contribution in [2.24, 2.45) is 0 Å². The van der Waals surface area contributed by atoms with Crippen LogP contribution in [-0.2, 0) is 0 Å². The van der Waals surface area contributed by atoms with Crippen LogP contribution in [0.4, 0.5) is 0 Å². The Kier molecular flexibility index (Phi) is 3.18. The molecule has 0 N–H and O–H groups in total. The Morgan fingerprint density at radius 2 is 1.95 bits per heavy atom. The van der Waals surface area contributed by atoms with E-state index in [9.17, 15) is 4.79 Å². The van der Waals surface area contributed by atoms with Gasteiger partial charge in [-0.3, -0.25) is 4.79 Å². The number of hydrogen-bond donors (Lipinski definition) is 0. The van der Waals surface area contributed by atoms with Crippen molar-refractivity contribution in [3.05, 3.63) is 53.6 Å². The highest BCUT2D eigenvalue weighted by molar-refractivity contribution is 6.04. The summed E-state index contributed by atoms with van der Waals surface area (Å²) in [5, 5.41) is 0. The Labute approximate surface area is 118 Å². The Morgan fingerprint density at radius 1 is 1.15 bits per heavy atom. The number of carbonyl (C=O) groups is 1. The summed E-state index contributed by atoms with van der Waals surface area (Å²) in [6.07, 6.45) is 0.755. The first-order valence-electron chi connectivity index (χ1n) is 6.73. The van der Waals surface area contributed by atoms with Crippen molar-refractivity contribution in [3.63, 3.8) is 0 Å². The molecule has 0 aliphatic carbocycles. The summed E-state index contributed by atoms with van der Waals surface area (Å²) in [7, 11) is 1.60. The van der Waals surface area contributed by atoms with E-state index >= 15 is 0 Å². The summed E-state index contributed by atoms with van der Waals surface area (Å²) >= 11 is 0. The van der Waals surface area contributed by atoms with E-state index in [1.54, 1.807) is 25.3 Å². The SMILES string of the molecule is CC[C@H]1C(=O)c2ccc(OC)cc2Oc2ccccc21. The summed E-state index contributed by atoms with van der Waals surface area (Å²) in [4.78, 5) is 12.7. The van der Waals surface area contributed by atoms with Gasteiger partial charge in [0.15, 0.2) is 5.78 Å². The third-order valence-corrected chi connectivity index (χ3v) is 3.69. The Bertz CT molecular complexity index is 661. The average Bonchev–Trinajstić information content (AvgIpc) is 2.60. The number of carbonyl (C=O) groups excluding carboxylic acids is 1. The molecule has 2 aromatic rings. The molecule has 1 aliphatic heterocycles. The lowest BCUT2D eigenvalue weighted by Crippen LogP contribution is -2.10. The number of benzene rings is 2. The molecule has 0 aromatic heterocycles. The first-order chi connectivity index (χ1) is 9.74. The van der Waals surface area contributed by atoms with Crippen LogP contribution >= 0.6 is 0 Å². The van der Waals surface area contributed by atoms with Crippen LogP contribution in [0.3, 0.4) is 0 Å². The zero-order chi connectivity index (χ0) is 14.1. The average molecular weight is 268 g/mol. The molecule has 0 fully saturated rings. The normalized spacial score (nSPS) is 16.7. The van der Waals surface area contributed by atoms with Crippen molar-refractivity contribution < 1.29 is 14.3 Å². The zero-order valence-corrected chi connectivity index (χ0v) is 11.6. The van der Waals surface area contributed by atoms with E-state index in [4.69, 9.17) is 9.47 Å². The van der Waals surface area contributed by atoms with E-state index < -0.39 is 0 Å². The van der Waals surface area contributed by atoms with Crippen LogP contribution in [-0.4, -0.2) is 12.9 Å². The van der Waals surface area contributed by atoms with E-state index in [0.717, 1.165) is 17.7 Å². The number of para-hydroxylation sites is 1. The summed E-state index contributed by atoms with van der Waals surface area (Å²) < 4.78 is 11.2. The zero-order valence-electron chi connectivity index (χ0n) is 11.6. The standard InChI is InChI=1S/C17H16O3/c1-3-12-13-6-4-5-7-15(13)20-16-10-11(19-2)8-9-14(16)17(12)18/h4-10,12H,3H2,1-2H3/t12-/m1/s1. The van der Waals surface area contributed by atoms with Crippen molar-refractivity contribution in [3.8, 4) is 17.2 Å². The number of methoxy groups -OCH3 is 1. The van der Waals surface area contributed by atoms with Crippen LogP contribution in [0.25, 0.3) is 0 Å². The third-order valence-electron chi connectivity index (χ3n) is 3.69. The summed E-state index contributed by atoms with van der Waals surface area (Å²) in [5.41, 5.74) is 1.57. The number of rotatable bonds is 2. The van der Waals surface area contributed by atoms with Crippen molar-refractivity contribution in [2.45, 2.75) is 19.3 Å². The van der Waals surface area contributed by atoms with Gasteiger partial charge in [0.1, 0.15) is 17.2 Å². The largest absolute Gasteiger partial charge is 0.497 e. The number of ketones is 1. The molecule has 0 saturated heterocycles. The van der Waals surface area contributed by atoms with E-state index in [0.29, 0.717) is 17.1 Å². The predicted molar refractivity (Wildman–Crippen MR) is 76.9 cm³/mol. The molecular formula is C17H16O3. The number of Topliss-reactive ketones (excluding diaryl/α,β-unsaturated/α-hetero) is 1. The molecule has 2 aromatic carbocycles. The van der Waals surface area contributed by atoms with Crippen LogP contribution in [0.5, 0.6) is 17.2 Å². The monoisotopic (exact) mass is 268 g/mol. The van der Waals surface area contributed by atoms with Crippen LogP contribution < -0.4 is 9.47 Å². The molecule has 0 spiro atoms. The van der Waals surface area contributed by atoms with Crippen molar-refractivity contribution in [1.82, 2.24) is 0 Å². The molecule has 20 heavy (non-hydrogen) atoms. The number of fused-ring (bicyclic) bond motifs is 2. The minimum Gasteiger partial charge on any atom is -0.497 e. The Morgan fingerprint density at radius 3 is 2.70 bits per heavy atom. The van der Waals surface area contributed by atoms with Crippen LogP contribution in [0.2, 0.25) is 0 Å². The van der Waals surface area contributed by atoms with Gasteiger partial charge < -0.3 is 9.47 Å². The molecule has 1 aliphatic rings. The lowest BCUT2D eigenvalue weighted by atomic mass is 9.88. The lowest BCUT2D eigenvalue weighted by molar-refractivity contribution is 0.0958. The van der Waals surface area contributed by atoms with Gasteiger partial charge in [-0.1, -0.05) is 25.1 Å². The van der Waals surface area contributed by atoms with Crippen LogP contribution in [0.1, 0.15) is 35.2 Å². The highest BCUT2D eigenvalue weighted by Gasteiger charge is 2.29. The highest BCUT2D eigenvalue weighted by Crippen LogP contribution is 2.41. The van der Waals surface area contributed by atoms with Gasteiger partial charge in [-0.15, -0.1) is 0 Å². The van der Waals surface area contributed by atoms with E-state index in [1.807, 2.05) is 31.2 Å². The third kappa shape index (κ3) is 1.95. The Balaban J connectivity index is 2.19. The smallest absolute Gasteiger partial charge is 0.174 e. The second kappa shape index (κ2) is 5.00. The van der Waals surface area contributed by atoms with Gasteiger partial charge in [-0.25, -0.2) is 0 Å². The molecule has 1 atom stereocenters. The maximum atomic E-state index is 12.7. The fraction of sp³-hybridized carbons (Fsp3) is 0.235. The Hall–Kier alpha value is -2.29. The lowest BCUT2D eigenvalue weighted by Gasteiger charge is -2.12. The molecule has 0 bridgehead atoms. The highest BCUT2D eigenvalue weighted by atomic mass is 16.5. The predicted octanol–water partition coefficient (Wildman–Crippen LogP) is 4.18. The minimum atomic E-state index is -0.152. The minimum absolute atomic E-state index is 0.107. The van der Waals surface area contributed by atoms with Gasteiger partial charge in [0.05, 0.1) is 18.6 Å². The quantitative estimate of drug-likeness (QED) is 0.819. The molecule has 0 radical (unpaired) electrons. The number of ether oxygens (including phenoxy) is 2. The molecule has 1 heterocycles. The van der Waals surface area contributed by atoms with Crippen LogP contribution in [0.15, 0.2) is 42.5 Å². The van der Waals surface area contributed by atoms with E-state index in [2.05, 4.69) is 0 Å². The second-order valence-electron chi connectivity index (χ2n) is 4.83. The molecule has 0 saturated carbocycles. The van der Waals surface area contributed by atoms with Gasteiger partial charge in [-0.2, -0.15) is 0 Å². The summed E-state index contributed by atoms with van der Waals surface area (Å²) in [6, 6.07) is 13.1. The summed E-state index contributed by atoms with van der Waals surface area (Å²) in [5.74, 6) is 1.96. The van der Waals surface area contributed by atoms with Gasteiger partial charge >= 0.3 is 0 Å². The van der Waals surface area contributed by atoms with Gasteiger partial charge in [-0.05, 0) is 24.6 Å². The molecule has 3 nitrogen and oxygen atoms in total. The maximum Gasteiger partial charge on any atom is 0.174 e. The first-order valence-corrected chi connectivity index (χ1v) is 6.73. The molecule has 0 amide bonds. The van der Waals surface area contributed by atoms with E-state index in [-0.39, 0.29) is 11.7 Å². The maximum absolute atomic E-state index is 12.7. The number of hydrogen-bond acceptors (Lipinski definition) is 3. The molecule has 0 unspecified atom stereocenters. The molecular weight excluding hydrogens is 252 g/mol. The summed E-state index contributed by atoms with van der Waals surface area (Å²) in [6.45, 7) is 2.02. The molecule has 102 valence electrons. The van der Waals surface area contributed by atoms with Gasteiger partial charge in [0, 0.05) is 11.6 Å². The van der Waals surface area contributed by atoms with Crippen molar-refractivity contribution >= 4 is 5.78 Å². The second-order valence-corrected chi connectivity index (χ2v) is 4.83. The van der Waals surface area contributed by atoms with Gasteiger partial charge in [0.2, 0.25) is 0 Å². The fourth-order valence-electron chi connectivity index (χ4n) is 2.63. The van der Waals surface area contributed by atoms with Crippen LogP contribution in [0, 0.1) is 0 Å². The van der Waals surface area contributed by atoms with E-state index in [1.165, 1.54) is 0 Å². The molecule has 3 rings (SSSR count). The fourth-order valence-corrected chi connectivity index (χ4v) is 2.63. The first kappa shape index (κ1) is 12.7. The van der Waals surface area contributed by atoms with Crippen molar-refractivity contribution in [1.29, 1.82) is 0 Å². The van der Waals surface area contributed by atoms with Crippen molar-refractivity contribution in [2.75, 3.05) is 7.11 Å². The van der Waals surface area contributed by atoms with Gasteiger partial charge in [0.25, 0.3) is 0 Å². The molecule has 3 heteroatoms. The topological polar surface area (TPSA) is 35.5 Å².